The van der Waals surface area contributed by atoms with Gasteiger partial charge in [-0.1, -0.05) is 23.5 Å². The number of nitrogens with zero attached hydrogens (tertiary/aromatic N) is 4. The molecule has 4 rings (SSSR count). The molecular weight excluding hydrogens is 439 g/mol. The molecule has 3 aromatic rings. The van der Waals surface area contributed by atoms with Crippen LogP contribution in [0.25, 0.3) is 5.76 Å². The molecule has 1 N–H and O–H groups in total. The molecule has 2 heterocycles. The van der Waals surface area contributed by atoms with E-state index in [0.717, 1.165) is 22.3 Å². The summed E-state index contributed by atoms with van der Waals surface area (Å²) in [7, 11) is 0. The molecule has 1 aromatic heterocycles. The summed E-state index contributed by atoms with van der Waals surface area (Å²) in [4.78, 5) is 37.4. The molecule has 9 nitrogen and oxygen atoms in total. The number of aromatic nitrogens is 2. The minimum Gasteiger partial charge on any atom is -0.507 e. The summed E-state index contributed by atoms with van der Waals surface area (Å²) >= 11 is 1.07. The first kappa shape index (κ1) is 21.2. The van der Waals surface area contributed by atoms with Gasteiger partial charge in [0, 0.05) is 17.7 Å². The molecule has 32 heavy (non-hydrogen) atoms. The van der Waals surface area contributed by atoms with E-state index >= 15 is 0 Å². The van der Waals surface area contributed by atoms with Crippen LogP contribution in [0.3, 0.4) is 0 Å². The van der Waals surface area contributed by atoms with Crippen molar-refractivity contribution in [1.29, 1.82) is 0 Å². The number of amides is 1. The van der Waals surface area contributed by atoms with Crippen LogP contribution in [-0.2, 0) is 9.59 Å². The number of hydrogen-bond donors (Lipinski definition) is 1. The van der Waals surface area contributed by atoms with Gasteiger partial charge in [-0.15, -0.1) is 10.2 Å². The summed E-state index contributed by atoms with van der Waals surface area (Å²) in [6, 6.07) is 8.04. The minimum atomic E-state index is -1.13. The number of ketones is 1. The van der Waals surface area contributed by atoms with E-state index in [1.807, 2.05) is 0 Å². The van der Waals surface area contributed by atoms with Gasteiger partial charge in [-0.25, -0.2) is 4.39 Å². The molecule has 1 aliphatic rings. The van der Waals surface area contributed by atoms with Gasteiger partial charge in [-0.2, -0.15) is 0 Å². The number of Topliss-reactive ketones (excluding diaryl/α,β-unsaturated/α-hetero) is 1. The van der Waals surface area contributed by atoms with Crippen LogP contribution in [0.15, 0.2) is 48.0 Å². The monoisotopic (exact) mass is 454 g/mol. The van der Waals surface area contributed by atoms with Crippen molar-refractivity contribution < 1.29 is 24.0 Å². The SMILES string of the molecule is Cc1nnc(N2C(=O)C(=O)/C(=C(\O)c3ccc(C)c(F)c3)C2c2ccc([N+](=O)[O-])cc2)s1. The maximum Gasteiger partial charge on any atom is 0.301 e. The number of halogens is 1. The van der Waals surface area contributed by atoms with Crippen LogP contribution in [0.5, 0.6) is 0 Å². The Balaban J connectivity index is 1.93. The van der Waals surface area contributed by atoms with Gasteiger partial charge in [0.2, 0.25) is 5.13 Å². The van der Waals surface area contributed by atoms with Crippen molar-refractivity contribution in [3.8, 4) is 0 Å². The van der Waals surface area contributed by atoms with Crippen molar-refractivity contribution >= 4 is 39.6 Å². The van der Waals surface area contributed by atoms with Gasteiger partial charge in [0.25, 0.3) is 11.5 Å². The molecule has 2 aromatic carbocycles. The van der Waals surface area contributed by atoms with Gasteiger partial charge in [0.1, 0.15) is 16.6 Å². The average molecular weight is 454 g/mol. The summed E-state index contributed by atoms with van der Waals surface area (Å²) in [6.45, 7) is 3.22. The molecule has 11 heteroatoms. The highest BCUT2D eigenvalue weighted by molar-refractivity contribution is 7.15. The second-order valence-electron chi connectivity index (χ2n) is 7.09. The van der Waals surface area contributed by atoms with Crippen LogP contribution >= 0.6 is 11.3 Å². The molecule has 162 valence electrons. The number of non-ortho nitro benzene ring substituents is 1. The zero-order chi connectivity index (χ0) is 23.2. The summed E-state index contributed by atoms with van der Waals surface area (Å²) in [5, 5.41) is 30.5. The molecule has 0 radical (unpaired) electrons. The lowest BCUT2D eigenvalue weighted by Crippen LogP contribution is -2.29. The first-order chi connectivity index (χ1) is 15.2. The summed E-state index contributed by atoms with van der Waals surface area (Å²) in [5.41, 5.74) is 0.236. The third-order valence-electron chi connectivity index (χ3n) is 5.03. The third-order valence-corrected chi connectivity index (χ3v) is 5.87. The van der Waals surface area contributed by atoms with E-state index in [1.54, 1.807) is 13.8 Å². The maximum absolute atomic E-state index is 14.1. The van der Waals surface area contributed by atoms with Gasteiger partial charge in [0.15, 0.2) is 0 Å². The topological polar surface area (TPSA) is 127 Å². The molecule has 1 atom stereocenters. The van der Waals surface area contributed by atoms with Crippen molar-refractivity contribution in [3.05, 3.63) is 85.7 Å². The standard InChI is InChI=1S/C21H15FN4O5S/c1-10-3-4-13(9-15(10)22)18(27)16-17(12-5-7-14(8-6-12)26(30)31)25(20(29)19(16)28)21-24-23-11(2)32-21/h3-9,17,27H,1-2H3/b18-16-. The fourth-order valence-corrected chi connectivity index (χ4v) is 4.12. The molecule has 0 aliphatic carbocycles. The smallest absolute Gasteiger partial charge is 0.301 e. The predicted molar refractivity (Wildman–Crippen MR) is 114 cm³/mol. The van der Waals surface area contributed by atoms with E-state index in [9.17, 15) is 29.2 Å². The Labute approximate surface area is 184 Å². The lowest BCUT2D eigenvalue weighted by Gasteiger charge is -2.22. The third kappa shape index (κ3) is 3.52. The fraction of sp³-hybridized carbons (Fsp3) is 0.143. The number of aliphatic hydroxyl groups is 1. The van der Waals surface area contributed by atoms with Gasteiger partial charge >= 0.3 is 5.91 Å². The van der Waals surface area contributed by atoms with Crippen molar-refractivity contribution in [2.24, 2.45) is 0 Å². The van der Waals surface area contributed by atoms with Crippen LogP contribution in [-0.4, -0.2) is 31.9 Å². The Morgan fingerprint density at radius 1 is 1.16 bits per heavy atom. The van der Waals surface area contributed by atoms with Crippen molar-refractivity contribution in [2.45, 2.75) is 19.9 Å². The molecule has 1 fully saturated rings. The van der Waals surface area contributed by atoms with Crippen LogP contribution in [0.1, 0.15) is 27.7 Å². The number of nitro benzene ring substituents is 1. The van der Waals surface area contributed by atoms with Crippen LogP contribution in [0.4, 0.5) is 15.2 Å². The highest BCUT2D eigenvalue weighted by atomic mass is 32.1. The number of aryl methyl sites for hydroxylation is 2. The van der Waals surface area contributed by atoms with E-state index in [0.29, 0.717) is 16.1 Å². The van der Waals surface area contributed by atoms with E-state index < -0.39 is 34.2 Å². The Bertz CT molecular complexity index is 1300. The zero-order valence-electron chi connectivity index (χ0n) is 16.8. The lowest BCUT2D eigenvalue weighted by molar-refractivity contribution is -0.384. The molecule has 0 spiro atoms. The van der Waals surface area contributed by atoms with Gasteiger partial charge in [-0.3, -0.25) is 24.6 Å². The first-order valence-electron chi connectivity index (χ1n) is 9.31. The molecule has 1 amide bonds. The van der Waals surface area contributed by atoms with Crippen molar-refractivity contribution in [3.63, 3.8) is 0 Å². The second-order valence-corrected chi connectivity index (χ2v) is 8.25. The maximum atomic E-state index is 14.1. The molecule has 1 saturated heterocycles. The molecule has 0 saturated carbocycles. The summed E-state index contributed by atoms with van der Waals surface area (Å²) < 4.78 is 14.1. The normalized spacial score (nSPS) is 17.7. The Morgan fingerprint density at radius 2 is 1.84 bits per heavy atom. The van der Waals surface area contributed by atoms with Crippen molar-refractivity contribution in [2.75, 3.05) is 4.90 Å². The molecule has 1 aliphatic heterocycles. The highest BCUT2D eigenvalue weighted by Crippen LogP contribution is 2.43. The number of aliphatic hydroxyl groups excluding tert-OH is 1. The van der Waals surface area contributed by atoms with Crippen LogP contribution in [0, 0.1) is 29.8 Å². The van der Waals surface area contributed by atoms with E-state index in [-0.39, 0.29) is 22.0 Å². The summed E-state index contributed by atoms with van der Waals surface area (Å²) in [6.07, 6.45) is 0. The predicted octanol–water partition coefficient (Wildman–Crippen LogP) is 3.83. The number of carbonyl (C=O) groups is 2. The Morgan fingerprint density at radius 3 is 2.41 bits per heavy atom. The second kappa shape index (κ2) is 7.93. The fourth-order valence-electron chi connectivity index (χ4n) is 3.40. The Hall–Kier alpha value is -3.99. The Kier molecular flexibility index (Phi) is 5.26. The molecular formula is C21H15FN4O5S. The minimum absolute atomic E-state index is 0.0199. The lowest BCUT2D eigenvalue weighted by atomic mass is 9.95. The number of nitro groups is 1. The molecule has 1 unspecified atom stereocenters. The quantitative estimate of drug-likeness (QED) is 0.209. The largest absolute Gasteiger partial charge is 0.507 e. The van der Waals surface area contributed by atoms with Gasteiger partial charge in [0.05, 0.1) is 16.5 Å². The van der Waals surface area contributed by atoms with E-state index in [2.05, 4.69) is 10.2 Å². The highest BCUT2D eigenvalue weighted by Gasteiger charge is 2.48. The van der Waals surface area contributed by atoms with E-state index in [4.69, 9.17) is 0 Å². The number of anilines is 1. The van der Waals surface area contributed by atoms with Crippen molar-refractivity contribution in [1.82, 2.24) is 10.2 Å². The van der Waals surface area contributed by atoms with E-state index in [1.165, 1.54) is 36.4 Å². The number of carbonyl (C=O) groups excluding carboxylic acids is 2. The number of hydrogen-bond acceptors (Lipinski definition) is 8. The number of benzene rings is 2. The summed E-state index contributed by atoms with van der Waals surface area (Å²) in [5.74, 6) is -3.08. The van der Waals surface area contributed by atoms with Gasteiger partial charge in [-0.05, 0) is 43.2 Å². The zero-order valence-corrected chi connectivity index (χ0v) is 17.6. The van der Waals surface area contributed by atoms with Gasteiger partial charge < -0.3 is 5.11 Å². The van der Waals surface area contributed by atoms with Crippen LogP contribution in [0.2, 0.25) is 0 Å². The van der Waals surface area contributed by atoms with Crippen LogP contribution < -0.4 is 4.90 Å². The average Bonchev–Trinajstić information content (AvgIpc) is 3.30. The first-order valence-corrected chi connectivity index (χ1v) is 10.1. The number of rotatable bonds is 4. The molecule has 0 bridgehead atoms.